The number of allylic oxidation sites excluding steroid dienone is 2. The predicted octanol–water partition coefficient (Wildman–Crippen LogP) is 4.60. The lowest BCUT2D eigenvalue weighted by atomic mass is 10.2. The number of nitrogens with zero attached hydrogens (tertiary/aromatic N) is 3. The van der Waals surface area contributed by atoms with Crippen LogP contribution in [0.2, 0.25) is 0 Å². The minimum atomic E-state index is -0.255. The van der Waals surface area contributed by atoms with Gasteiger partial charge in [0.25, 0.3) is 5.88 Å². The summed E-state index contributed by atoms with van der Waals surface area (Å²) in [7, 11) is 0. The molecule has 4 nitrogen and oxygen atoms in total. The first-order valence-electron chi connectivity index (χ1n) is 8.47. The van der Waals surface area contributed by atoms with Gasteiger partial charge in [-0.15, -0.1) is 5.10 Å². The SMILES string of the molecule is CC=CCn1c(CC)c(C)c2cnnc(OCc3ccc(F)cc3)c21. The quantitative estimate of drug-likeness (QED) is 0.616. The van der Waals surface area contributed by atoms with Crippen LogP contribution in [-0.4, -0.2) is 14.8 Å². The molecule has 1 aromatic carbocycles. The third kappa shape index (κ3) is 3.40. The summed E-state index contributed by atoms with van der Waals surface area (Å²) < 4.78 is 21.2. The van der Waals surface area contributed by atoms with Crippen LogP contribution in [0.3, 0.4) is 0 Å². The van der Waals surface area contributed by atoms with Gasteiger partial charge in [-0.2, -0.15) is 5.10 Å². The van der Waals surface area contributed by atoms with Gasteiger partial charge in [0.2, 0.25) is 0 Å². The minimum Gasteiger partial charge on any atom is -0.470 e. The average molecular weight is 339 g/mol. The van der Waals surface area contributed by atoms with Gasteiger partial charge in [-0.25, -0.2) is 4.39 Å². The third-order valence-corrected chi connectivity index (χ3v) is 4.37. The van der Waals surface area contributed by atoms with Gasteiger partial charge in [0, 0.05) is 17.6 Å². The Kier molecular flexibility index (Phi) is 5.12. The molecular formula is C20H22FN3O. The number of fused-ring (bicyclic) bond motifs is 1. The molecule has 0 unspecified atom stereocenters. The van der Waals surface area contributed by atoms with Gasteiger partial charge in [0.05, 0.1) is 6.20 Å². The molecule has 0 fully saturated rings. The van der Waals surface area contributed by atoms with Gasteiger partial charge in [-0.1, -0.05) is 31.2 Å². The number of ether oxygens (including phenoxy) is 1. The van der Waals surface area contributed by atoms with Crippen LogP contribution in [0.4, 0.5) is 4.39 Å². The monoisotopic (exact) mass is 339 g/mol. The van der Waals surface area contributed by atoms with Crippen molar-refractivity contribution in [1.29, 1.82) is 0 Å². The molecule has 3 rings (SSSR count). The van der Waals surface area contributed by atoms with Crippen molar-refractivity contribution in [3.8, 4) is 5.88 Å². The van der Waals surface area contributed by atoms with Crippen molar-refractivity contribution in [2.24, 2.45) is 0 Å². The molecular weight excluding hydrogens is 317 g/mol. The number of aryl methyl sites for hydroxylation is 1. The Bertz CT molecular complexity index is 897. The molecule has 0 N–H and O–H groups in total. The first-order valence-corrected chi connectivity index (χ1v) is 8.47. The Morgan fingerprint density at radius 1 is 1.24 bits per heavy atom. The normalized spacial score (nSPS) is 11.5. The van der Waals surface area contributed by atoms with E-state index in [1.165, 1.54) is 23.4 Å². The van der Waals surface area contributed by atoms with Crippen molar-refractivity contribution in [1.82, 2.24) is 14.8 Å². The van der Waals surface area contributed by atoms with Crippen molar-refractivity contribution in [2.75, 3.05) is 0 Å². The van der Waals surface area contributed by atoms with Crippen LogP contribution in [0.1, 0.15) is 30.7 Å². The number of halogens is 1. The summed E-state index contributed by atoms with van der Waals surface area (Å²) in [5.41, 5.74) is 4.32. The number of aromatic nitrogens is 3. The fraction of sp³-hybridized carbons (Fsp3) is 0.300. The van der Waals surface area contributed by atoms with Crippen LogP contribution in [0.5, 0.6) is 5.88 Å². The Labute approximate surface area is 147 Å². The lowest BCUT2D eigenvalue weighted by Crippen LogP contribution is -2.05. The number of hydrogen-bond donors (Lipinski definition) is 0. The molecule has 0 aliphatic heterocycles. The van der Waals surface area contributed by atoms with Gasteiger partial charge in [0.1, 0.15) is 17.9 Å². The van der Waals surface area contributed by atoms with Crippen molar-refractivity contribution in [3.63, 3.8) is 0 Å². The van der Waals surface area contributed by atoms with Crippen molar-refractivity contribution in [3.05, 3.63) is 65.3 Å². The molecule has 2 aromatic heterocycles. The molecule has 0 bridgehead atoms. The fourth-order valence-corrected chi connectivity index (χ4v) is 3.09. The van der Waals surface area contributed by atoms with Gasteiger partial charge in [-0.05, 0) is 43.5 Å². The summed E-state index contributed by atoms with van der Waals surface area (Å²) in [5, 5.41) is 9.37. The zero-order chi connectivity index (χ0) is 17.8. The topological polar surface area (TPSA) is 39.9 Å². The summed E-state index contributed by atoms with van der Waals surface area (Å²) in [6, 6.07) is 6.28. The van der Waals surface area contributed by atoms with Crippen molar-refractivity contribution >= 4 is 10.9 Å². The Morgan fingerprint density at radius 2 is 2.00 bits per heavy atom. The molecule has 130 valence electrons. The highest BCUT2D eigenvalue weighted by molar-refractivity contribution is 5.88. The summed E-state index contributed by atoms with van der Waals surface area (Å²) in [4.78, 5) is 0. The maximum Gasteiger partial charge on any atom is 0.258 e. The van der Waals surface area contributed by atoms with Gasteiger partial charge >= 0.3 is 0 Å². The zero-order valence-electron chi connectivity index (χ0n) is 14.8. The highest BCUT2D eigenvalue weighted by Crippen LogP contribution is 2.31. The molecule has 0 spiro atoms. The first kappa shape index (κ1) is 17.1. The largest absolute Gasteiger partial charge is 0.470 e. The lowest BCUT2D eigenvalue weighted by molar-refractivity contribution is 0.293. The van der Waals surface area contributed by atoms with Crippen LogP contribution in [-0.2, 0) is 19.6 Å². The Morgan fingerprint density at radius 3 is 2.68 bits per heavy atom. The van der Waals surface area contributed by atoms with Crippen LogP contribution in [0, 0.1) is 12.7 Å². The van der Waals surface area contributed by atoms with Crippen LogP contribution >= 0.6 is 0 Å². The molecule has 2 heterocycles. The van der Waals surface area contributed by atoms with Crippen molar-refractivity contribution < 1.29 is 9.13 Å². The van der Waals surface area contributed by atoms with E-state index >= 15 is 0 Å². The standard InChI is InChI=1S/C20H22FN3O/c1-4-6-11-24-18(5-2)14(3)17-12-22-23-20(19(17)24)25-13-15-7-9-16(21)10-8-15/h4,6-10,12H,5,11,13H2,1-3H3. The third-order valence-electron chi connectivity index (χ3n) is 4.37. The smallest absolute Gasteiger partial charge is 0.258 e. The zero-order valence-corrected chi connectivity index (χ0v) is 14.8. The minimum absolute atomic E-state index is 0.255. The molecule has 0 aliphatic carbocycles. The van der Waals surface area contributed by atoms with E-state index in [1.54, 1.807) is 18.3 Å². The summed E-state index contributed by atoms with van der Waals surface area (Å²) in [5.74, 6) is 0.253. The Balaban J connectivity index is 2.01. The molecule has 3 aromatic rings. The van der Waals surface area contributed by atoms with Gasteiger partial charge in [-0.3, -0.25) is 0 Å². The van der Waals surface area contributed by atoms with Gasteiger partial charge < -0.3 is 9.30 Å². The number of benzene rings is 1. The second-order valence-electron chi connectivity index (χ2n) is 5.93. The van der Waals surface area contributed by atoms with E-state index in [2.05, 4.69) is 34.7 Å². The highest BCUT2D eigenvalue weighted by Gasteiger charge is 2.17. The molecule has 0 amide bonds. The number of hydrogen-bond acceptors (Lipinski definition) is 3. The first-order chi connectivity index (χ1) is 12.2. The van der Waals surface area contributed by atoms with Gasteiger partial charge in [0.15, 0.2) is 0 Å². The fourth-order valence-electron chi connectivity index (χ4n) is 3.09. The van der Waals surface area contributed by atoms with Crippen molar-refractivity contribution in [2.45, 2.75) is 40.3 Å². The highest BCUT2D eigenvalue weighted by atomic mass is 19.1. The maximum atomic E-state index is 13.0. The van der Waals surface area contributed by atoms with E-state index in [-0.39, 0.29) is 5.82 Å². The summed E-state index contributed by atoms with van der Waals surface area (Å²) in [6.07, 6.45) is 6.87. The predicted molar refractivity (Wildman–Crippen MR) is 97.2 cm³/mol. The van der Waals surface area contributed by atoms with Crippen LogP contribution < -0.4 is 4.74 Å². The molecule has 0 saturated carbocycles. The lowest BCUT2D eigenvalue weighted by Gasteiger charge is -2.10. The molecule has 0 saturated heterocycles. The number of rotatable bonds is 6. The second kappa shape index (κ2) is 7.47. The van der Waals surface area contributed by atoms with E-state index in [1.807, 2.05) is 13.0 Å². The van der Waals surface area contributed by atoms with E-state index < -0.39 is 0 Å². The molecule has 5 heteroatoms. The summed E-state index contributed by atoms with van der Waals surface area (Å²) in [6.45, 7) is 7.36. The molecule has 0 aliphatic rings. The second-order valence-corrected chi connectivity index (χ2v) is 5.93. The molecule has 25 heavy (non-hydrogen) atoms. The van der Waals surface area contributed by atoms with E-state index in [9.17, 15) is 4.39 Å². The van der Waals surface area contributed by atoms with Crippen LogP contribution in [0.25, 0.3) is 10.9 Å². The molecule has 0 atom stereocenters. The van der Waals surface area contributed by atoms with E-state index in [0.717, 1.165) is 29.4 Å². The van der Waals surface area contributed by atoms with E-state index in [4.69, 9.17) is 4.74 Å². The van der Waals surface area contributed by atoms with Crippen LogP contribution in [0.15, 0.2) is 42.6 Å². The maximum absolute atomic E-state index is 13.0. The average Bonchev–Trinajstić information content (AvgIpc) is 2.91. The summed E-state index contributed by atoms with van der Waals surface area (Å²) >= 11 is 0. The molecule has 0 radical (unpaired) electrons. The van der Waals surface area contributed by atoms with E-state index in [0.29, 0.717) is 12.5 Å². The Hall–Kier alpha value is -2.69.